The third kappa shape index (κ3) is 5.82. The highest BCUT2D eigenvalue weighted by Gasteiger charge is 2.15. The number of aromatic nitrogens is 5. The van der Waals surface area contributed by atoms with Crippen LogP contribution < -0.4 is 14.8 Å². The Hall–Kier alpha value is -3.92. The average molecular weight is 451 g/mol. The summed E-state index contributed by atoms with van der Waals surface area (Å²) in [6, 6.07) is 10.7. The second kappa shape index (κ2) is 11.5. The molecule has 32 heavy (non-hydrogen) atoms. The van der Waals surface area contributed by atoms with Gasteiger partial charge in [0.2, 0.25) is 5.13 Å². The van der Waals surface area contributed by atoms with Crippen molar-refractivity contribution in [2.24, 2.45) is 0 Å². The van der Waals surface area contributed by atoms with E-state index in [-0.39, 0.29) is 18.4 Å². The molecule has 0 spiro atoms. The van der Waals surface area contributed by atoms with E-state index in [0.717, 1.165) is 11.3 Å². The van der Waals surface area contributed by atoms with Gasteiger partial charge in [-0.2, -0.15) is 0 Å². The summed E-state index contributed by atoms with van der Waals surface area (Å²) in [5.74, 6) is 0.235. The molecule has 0 aromatic carbocycles. The van der Waals surface area contributed by atoms with Crippen LogP contribution in [0.15, 0.2) is 61.2 Å². The van der Waals surface area contributed by atoms with Gasteiger partial charge in [-0.1, -0.05) is 31.3 Å². The number of nitrogens with one attached hydrogen (secondary N) is 1. The largest absolute Gasteiger partial charge is 0.491 e. The van der Waals surface area contributed by atoms with Crippen molar-refractivity contribution >= 4 is 22.4 Å². The number of methoxy groups -OCH3 is 1. The number of hydrogen-bond donors (Lipinski definition) is 1. The second-order valence-corrected chi connectivity index (χ2v) is 6.92. The quantitative estimate of drug-likeness (QED) is 0.445. The topological polar surface area (TPSA) is 112 Å². The number of pyridine rings is 3. The van der Waals surface area contributed by atoms with Crippen LogP contribution in [0.1, 0.15) is 29.9 Å². The molecule has 4 rings (SSSR count). The van der Waals surface area contributed by atoms with Gasteiger partial charge in [-0.25, -0.2) is 4.98 Å². The van der Waals surface area contributed by atoms with Gasteiger partial charge in [-0.15, -0.1) is 10.2 Å². The fourth-order valence-corrected chi connectivity index (χ4v) is 3.23. The molecule has 10 heteroatoms. The summed E-state index contributed by atoms with van der Waals surface area (Å²) in [6.07, 6.45) is 6.44. The first kappa shape index (κ1) is 22.8. The van der Waals surface area contributed by atoms with Crippen molar-refractivity contribution in [3.63, 3.8) is 0 Å². The minimum atomic E-state index is -0.380. The van der Waals surface area contributed by atoms with Crippen LogP contribution in [0.5, 0.6) is 11.6 Å². The first-order chi connectivity index (χ1) is 15.7. The molecule has 4 heterocycles. The Balaban J connectivity index is 0.00000141. The first-order valence-corrected chi connectivity index (χ1v) is 10.7. The highest BCUT2D eigenvalue weighted by atomic mass is 32.1. The number of anilines is 1. The smallest absolute Gasteiger partial charge is 0.259 e. The molecule has 0 aliphatic heterocycles. The van der Waals surface area contributed by atoms with Gasteiger partial charge in [0.05, 0.1) is 18.4 Å². The van der Waals surface area contributed by atoms with Crippen molar-refractivity contribution in [3.05, 3.63) is 72.4 Å². The van der Waals surface area contributed by atoms with Gasteiger partial charge in [0.15, 0.2) is 5.75 Å². The molecular weight excluding hydrogens is 428 g/mol. The summed E-state index contributed by atoms with van der Waals surface area (Å²) in [4.78, 5) is 25.0. The lowest BCUT2D eigenvalue weighted by atomic mass is 10.2. The second-order valence-electron chi connectivity index (χ2n) is 5.94. The van der Waals surface area contributed by atoms with Crippen LogP contribution in [-0.2, 0) is 6.61 Å². The summed E-state index contributed by atoms with van der Waals surface area (Å²) in [7, 11) is 1.48. The van der Waals surface area contributed by atoms with E-state index in [4.69, 9.17) is 9.47 Å². The Morgan fingerprint density at radius 3 is 2.59 bits per heavy atom. The van der Waals surface area contributed by atoms with Crippen LogP contribution in [0.25, 0.3) is 10.6 Å². The summed E-state index contributed by atoms with van der Waals surface area (Å²) in [6.45, 7) is 4.23. The molecule has 164 valence electrons. The zero-order chi connectivity index (χ0) is 22.8. The molecule has 0 saturated carbocycles. The van der Waals surface area contributed by atoms with Gasteiger partial charge in [0.25, 0.3) is 11.8 Å². The molecule has 9 nitrogen and oxygen atoms in total. The van der Waals surface area contributed by atoms with E-state index in [9.17, 15) is 4.79 Å². The molecule has 0 atom stereocenters. The minimum Gasteiger partial charge on any atom is -0.491 e. The number of nitrogens with zero attached hydrogens (tertiary/aromatic N) is 5. The predicted molar refractivity (Wildman–Crippen MR) is 122 cm³/mol. The van der Waals surface area contributed by atoms with Crippen LogP contribution >= 0.6 is 11.3 Å². The Kier molecular flexibility index (Phi) is 8.15. The number of amides is 1. The summed E-state index contributed by atoms with van der Waals surface area (Å²) >= 11 is 1.26. The molecule has 0 bridgehead atoms. The van der Waals surface area contributed by atoms with Gasteiger partial charge in [0, 0.05) is 36.4 Å². The SMILES string of the molecule is CC.COc1cc(C(=O)Nc2nnc(-c3ccncc3)s2)cnc1OCc1ccccn1. The molecule has 4 aromatic heterocycles. The standard InChI is InChI=1S/C20H16N6O3S.C2H6/c1-28-16-10-14(11-23-18(16)29-12-15-4-2-3-7-22-15)17(27)24-20-26-25-19(30-20)13-5-8-21-9-6-13;1-2/h2-11H,12H2,1H3,(H,24,26,27);1-2H3. The normalized spacial score (nSPS) is 9.97. The molecule has 0 aliphatic rings. The third-order valence-corrected chi connectivity index (χ3v) is 4.84. The Bertz CT molecular complexity index is 1140. The van der Waals surface area contributed by atoms with E-state index in [1.165, 1.54) is 24.6 Å². The lowest BCUT2D eigenvalue weighted by Gasteiger charge is -2.10. The monoisotopic (exact) mass is 450 g/mol. The molecule has 0 fully saturated rings. The summed E-state index contributed by atoms with van der Waals surface area (Å²) in [5, 5.41) is 11.9. The Morgan fingerprint density at radius 1 is 1.06 bits per heavy atom. The maximum atomic E-state index is 12.6. The molecule has 1 N–H and O–H groups in total. The Morgan fingerprint density at radius 2 is 1.88 bits per heavy atom. The zero-order valence-electron chi connectivity index (χ0n) is 17.8. The van der Waals surface area contributed by atoms with Gasteiger partial charge < -0.3 is 9.47 Å². The Labute approximate surface area is 189 Å². The van der Waals surface area contributed by atoms with E-state index >= 15 is 0 Å². The number of carbonyl (C=O) groups excluding carboxylic acids is 1. The van der Waals surface area contributed by atoms with E-state index in [2.05, 4.69) is 30.5 Å². The molecule has 1 amide bonds. The van der Waals surface area contributed by atoms with Crippen molar-refractivity contribution in [2.75, 3.05) is 12.4 Å². The van der Waals surface area contributed by atoms with Gasteiger partial charge in [0.1, 0.15) is 11.6 Å². The lowest BCUT2D eigenvalue weighted by Crippen LogP contribution is -2.12. The molecular formula is C22H22N6O3S. The van der Waals surface area contributed by atoms with Crippen LogP contribution in [-0.4, -0.2) is 38.2 Å². The summed E-state index contributed by atoms with van der Waals surface area (Å²) < 4.78 is 11.0. The van der Waals surface area contributed by atoms with Crippen LogP contribution in [0.3, 0.4) is 0 Å². The number of carbonyl (C=O) groups is 1. The molecule has 4 aromatic rings. The van der Waals surface area contributed by atoms with Crippen LogP contribution in [0.2, 0.25) is 0 Å². The summed E-state index contributed by atoms with van der Waals surface area (Å²) in [5.41, 5.74) is 1.93. The number of ether oxygens (including phenoxy) is 2. The predicted octanol–water partition coefficient (Wildman–Crippen LogP) is 4.26. The lowest BCUT2D eigenvalue weighted by molar-refractivity contribution is 0.102. The highest BCUT2D eigenvalue weighted by molar-refractivity contribution is 7.18. The van der Waals surface area contributed by atoms with Gasteiger partial charge in [-0.3, -0.25) is 20.1 Å². The van der Waals surface area contributed by atoms with Gasteiger partial charge in [-0.05, 0) is 24.3 Å². The molecule has 0 radical (unpaired) electrons. The highest BCUT2D eigenvalue weighted by Crippen LogP contribution is 2.28. The van der Waals surface area contributed by atoms with Crippen molar-refractivity contribution < 1.29 is 14.3 Å². The fourth-order valence-electron chi connectivity index (χ4n) is 2.49. The van der Waals surface area contributed by atoms with Gasteiger partial charge >= 0.3 is 0 Å². The molecule has 0 unspecified atom stereocenters. The van der Waals surface area contributed by atoms with Crippen molar-refractivity contribution in [1.29, 1.82) is 0 Å². The fraction of sp³-hybridized carbons (Fsp3) is 0.182. The van der Waals surface area contributed by atoms with E-state index in [1.54, 1.807) is 24.7 Å². The van der Waals surface area contributed by atoms with E-state index in [1.807, 2.05) is 44.2 Å². The van der Waals surface area contributed by atoms with Crippen LogP contribution in [0, 0.1) is 0 Å². The van der Waals surface area contributed by atoms with Crippen molar-refractivity contribution in [2.45, 2.75) is 20.5 Å². The van der Waals surface area contributed by atoms with Crippen molar-refractivity contribution in [1.82, 2.24) is 25.1 Å². The maximum absolute atomic E-state index is 12.6. The molecule has 0 saturated heterocycles. The third-order valence-electron chi connectivity index (χ3n) is 3.96. The zero-order valence-corrected chi connectivity index (χ0v) is 18.7. The maximum Gasteiger partial charge on any atom is 0.259 e. The van der Waals surface area contributed by atoms with Crippen molar-refractivity contribution in [3.8, 4) is 22.2 Å². The van der Waals surface area contributed by atoms with E-state index < -0.39 is 0 Å². The number of hydrogen-bond acceptors (Lipinski definition) is 9. The van der Waals surface area contributed by atoms with Crippen LogP contribution in [0.4, 0.5) is 5.13 Å². The minimum absolute atomic E-state index is 0.234. The molecule has 0 aliphatic carbocycles. The first-order valence-electron chi connectivity index (χ1n) is 9.85. The average Bonchev–Trinajstić information content (AvgIpc) is 3.33. The number of rotatable bonds is 7. The van der Waals surface area contributed by atoms with E-state index in [0.29, 0.717) is 21.5 Å².